The minimum Gasteiger partial charge on any atom is -0.480 e. The molecule has 1 aliphatic carbocycles. The summed E-state index contributed by atoms with van der Waals surface area (Å²) >= 11 is 0. The lowest BCUT2D eigenvalue weighted by atomic mass is 9.98. The molecule has 2 fully saturated rings. The molecule has 17 heavy (non-hydrogen) atoms. The van der Waals surface area contributed by atoms with Gasteiger partial charge in [0.15, 0.2) is 0 Å². The predicted molar refractivity (Wildman–Crippen MR) is 57.0 cm³/mol. The molecular formula is C10H15N3O4. The van der Waals surface area contributed by atoms with E-state index in [1.807, 2.05) is 0 Å². The average molecular weight is 241 g/mol. The zero-order valence-electron chi connectivity index (χ0n) is 9.26. The first-order valence-electron chi connectivity index (χ1n) is 5.60. The van der Waals surface area contributed by atoms with Crippen LogP contribution in [0.2, 0.25) is 0 Å². The third-order valence-corrected chi connectivity index (χ3v) is 3.42. The normalized spacial score (nSPS) is 29.8. The second kappa shape index (κ2) is 4.33. The van der Waals surface area contributed by atoms with Crippen LogP contribution in [0, 0.1) is 5.92 Å². The molecule has 2 aliphatic rings. The zero-order chi connectivity index (χ0) is 12.6. The van der Waals surface area contributed by atoms with Crippen molar-refractivity contribution in [1.82, 2.24) is 10.2 Å². The first kappa shape index (κ1) is 11.8. The average Bonchev–Trinajstić information content (AvgIpc) is 2.72. The Morgan fingerprint density at radius 2 is 2.24 bits per heavy atom. The van der Waals surface area contributed by atoms with Crippen molar-refractivity contribution in [1.29, 1.82) is 0 Å². The number of hydrogen-bond acceptors (Lipinski definition) is 4. The lowest BCUT2D eigenvalue weighted by Gasteiger charge is -2.37. The van der Waals surface area contributed by atoms with E-state index in [2.05, 4.69) is 5.32 Å². The minimum absolute atomic E-state index is 0.0599. The van der Waals surface area contributed by atoms with Crippen LogP contribution in [0.5, 0.6) is 0 Å². The Bertz CT molecular complexity index is 371. The highest BCUT2D eigenvalue weighted by Crippen LogP contribution is 2.32. The molecule has 94 valence electrons. The number of aliphatic carboxylic acids is 1. The van der Waals surface area contributed by atoms with Crippen LogP contribution in [-0.2, 0) is 9.59 Å². The van der Waals surface area contributed by atoms with Crippen LogP contribution in [0.4, 0.5) is 4.79 Å². The number of amides is 3. The standard InChI is InChI=1S/C10H15N3O4/c11-6(9(15)16)4-13-7-3-1-2-5(7)8(14)12-10(13)17/h5-7H,1-4,11H2,(H,15,16)(H,12,14,17). The highest BCUT2D eigenvalue weighted by molar-refractivity contribution is 5.99. The van der Waals surface area contributed by atoms with Crippen molar-refractivity contribution >= 4 is 17.9 Å². The number of rotatable bonds is 3. The van der Waals surface area contributed by atoms with Crippen molar-refractivity contribution < 1.29 is 19.5 Å². The Morgan fingerprint density at radius 1 is 1.53 bits per heavy atom. The number of nitrogens with one attached hydrogen (secondary N) is 1. The zero-order valence-corrected chi connectivity index (χ0v) is 9.26. The van der Waals surface area contributed by atoms with Gasteiger partial charge in [-0.05, 0) is 12.8 Å². The van der Waals surface area contributed by atoms with E-state index in [1.165, 1.54) is 4.90 Å². The van der Waals surface area contributed by atoms with E-state index in [9.17, 15) is 14.4 Å². The van der Waals surface area contributed by atoms with E-state index in [0.29, 0.717) is 0 Å². The number of imide groups is 1. The molecule has 0 radical (unpaired) electrons. The van der Waals surface area contributed by atoms with Crippen molar-refractivity contribution in [2.75, 3.05) is 6.54 Å². The Kier molecular flexibility index (Phi) is 3.01. The summed E-state index contributed by atoms with van der Waals surface area (Å²) in [6.07, 6.45) is 2.34. The van der Waals surface area contributed by atoms with Gasteiger partial charge in [-0.15, -0.1) is 0 Å². The molecule has 3 amide bonds. The smallest absolute Gasteiger partial charge is 0.324 e. The van der Waals surface area contributed by atoms with Gasteiger partial charge in [-0.1, -0.05) is 6.42 Å². The second-order valence-electron chi connectivity index (χ2n) is 4.50. The van der Waals surface area contributed by atoms with Gasteiger partial charge in [0.05, 0.1) is 5.92 Å². The van der Waals surface area contributed by atoms with Crippen LogP contribution in [0.3, 0.4) is 0 Å². The molecule has 0 aromatic rings. The van der Waals surface area contributed by atoms with Crippen LogP contribution >= 0.6 is 0 Å². The Balaban J connectivity index is 2.12. The summed E-state index contributed by atoms with van der Waals surface area (Å²) in [4.78, 5) is 35.3. The van der Waals surface area contributed by atoms with Gasteiger partial charge in [-0.3, -0.25) is 14.9 Å². The fourth-order valence-electron chi connectivity index (χ4n) is 2.55. The number of carboxylic acids is 1. The minimum atomic E-state index is -1.15. The molecule has 2 rings (SSSR count). The molecule has 4 N–H and O–H groups in total. The summed E-state index contributed by atoms with van der Waals surface area (Å²) in [7, 11) is 0. The summed E-state index contributed by atoms with van der Waals surface area (Å²) in [5.41, 5.74) is 5.42. The van der Waals surface area contributed by atoms with Crippen molar-refractivity contribution in [3.05, 3.63) is 0 Å². The molecule has 0 aromatic heterocycles. The molecule has 7 heteroatoms. The first-order valence-corrected chi connectivity index (χ1v) is 5.60. The monoisotopic (exact) mass is 241 g/mol. The molecule has 1 aliphatic heterocycles. The molecular weight excluding hydrogens is 226 g/mol. The third kappa shape index (κ3) is 2.10. The number of nitrogens with two attached hydrogens (primary N) is 1. The Hall–Kier alpha value is -1.63. The van der Waals surface area contributed by atoms with E-state index >= 15 is 0 Å². The maximum Gasteiger partial charge on any atom is 0.324 e. The number of hydrogen-bond donors (Lipinski definition) is 3. The van der Waals surface area contributed by atoms with Crippen LogP contribution < -0.4 is 11.1 Å². The molecule has 3 unspecified atom stereocenters. The van der Waals surface area contributed by atoms with Gasteiger partial charge in [-0.25, -0.2) is 4.79 Å². The van der Waals surface area contributed by atoms with E-state index in [4.69, 9.17) is 10.8 Å². The van der Waals surface area contributed by atoms with E-state index in [-0.39, 0.29) is 24.4 Å². The lowest BCUT2D eigenvalue weighted by molar-refractivity contribution is -0.139. The number of carbonyl (C=O) groups excluding carboxylic acids is 2. The lowest BCUT2D eigenvalue weighted by Crippen LogP contribution is -2.61. The Labute approximate surface area is 97.9 Å². The van der Waals surface area contributed by atoms with Crippen molar-refractivity contribution in [3.8, 4) is 0 Å². The summed E-state index contributed by atoms with van der Waals surface area (Å²) < 4.78 is 0. The first-order chi connectivity index (χ1) is 8.00. The van der Waals surface area contributed by atoms with Gasteiger partial charge >= 0.3 is 12.0 Å². The van der Waals surface area contributed by atoms with Gasteiger partial charge in [0.1, 0.15) is 6.04 Å². The van der Waals surface area contributed by atoms with Gasteiger partial charge in [-0.2, -0.15) is 0 Å². The molecule has 0 aromatic carbocycles. The van der Waals surface area contributed by atoms with Crippen LogP contribution in [0.15, 0.2) is 0 Å². The summed E-state index contributed by atoms with van der Waals surface area (Å²) in [6, 6.07) is -1.84. The third-order valence-electron chi connectivity index (χ3n) is 3.42. The van der Waals surface area contributed by atoms with Crippen molar-refractivity contribution in [2.45, 2.75) is 31.3 Å². The topological polar surface area (TPSA) is 113 Å². The largest absolute Gasteiger partial charge is 0.480 e. The Morgan fingerprint density at radius 3 is 2.88 bits per heavy atom. The highest BCUT2D eigenvalue weighted by Gasteiger charge is 2.44. The number of urea groups is 1. The molecule has 1 heterocycles. The molecule has 1 saturated carbocycles. The van der Waals surface area contributed by atoms with Gasteiger partial charge < -0.3 is 15.7 Å². The van der Waals surface area contributed by atoms with Gasteiger partial charge in [0.2, 0.25) is 5.91 Å². The highest BCUT2D eigenvalue weighted by atomic mass is 16.4. The van der Waals surface area contributed by atoms with Crippen LogP contribution in [-0.4, -0.2) is 46.5 Å². The van der Waals surface area contributed by atoms with Crippen molar-refractivity contribution in [2.24, 2.45) is 11.7 Å². The number of fused-ring (bicyclic) bond motifs is 1. The molecule has 0 bridgehead atoms. The van der Waals surface area contributed by atoms with E-state index < -0.39 is 18.0 Å². The number of carbonyl (C=O) groups is 3. The fraction of sp³-hybridized carbons (Fsp3) is 0.700. The van der Waals surface area contributed by atoms with Crippen LogP contribution in [0.25, 0.3) is 0 Å². The van der Waals surface area contributed by atoms with Gasteiger partial charge in [0, 0.05) is 12.6 Å². The van der Waals surface area contributed by atoms with E-state index in [1.54, 1.807) is 0 Å². The maximum absolute atomic E-state index is 11.7. The quantitative estimate of drug-likeness (QED) is 0.593. The molecule has 7 nitrogen and oxygen atoms in total. The summed E-state index contributed by atoms with van der Waals surface area (Å²) in [5, 5.41) is 11.0. The predicted octanol–water partition coefficient (Wildman–Crippen LogP) is -0.881. The molecule has 0 spiro atoms. The van der Waals surface area contributed by atoms with E-state index in [0.717, 1.165) is 19.3 Å². The number of carboxylic acid groups (broad SMARTS) is 1. The molecule has 1 saturated heterocycles. The summed E-state index contributed by atoms with van der Waals surface area (Å²) in [5.74, 6) is -1.62. The van der Waals surface area contributed by atoms with Gasteiger partial charge in [0.25, 0.3) is 0 Å². The van der Waals surface area contributed by atoms with Crippen molar-refractivity contribution in [3.63, 3.8) is 0 Å². The second-order valence-corrected chi connectivity index (χ2v) is 4.50. The summed E-state index contributed by atoms with van der Waals surface area (Å²) in [6.45, 7) is -0.0599. The SMILES string of the molecule is NC(CN1C(=O)NC(=O)C2CCCC21)C(=O)O. The maximum atomic E-state index is 11.7. The van der Waals surface area contributed by atoms with Crippen LogP contribution in [0.1, 0.15) is 19.3 Å². The molecule has 3 atom stereocenters. The number of nitrogens with zero attached hydrogens (tertiary/aromatic N) is 1. The fourth-order valence-corrected chi connectivity index (χ4v) is 2.55.